The number of anilines is 1. The second-order valence-corrected chi connectivity index (χ2v) is 8.74. The van der Waals surface area contributed by atoms with Crippen LogP contribution < -0.4 is 5.32 Å². The lowest BCUT2D eigenvalue weighted by Gasteiger charge is -2.20. The van der Waals surface area contributed by atoms with Crippen LogP contribution in [0.1, 0.15) is 74.6 Å². The van der Waals surface area contributed by atoms with Gasteiger partial charge in [-0.05, 0) is 47.4 Å². The summed E-state index contributed by atoms with van der Waals surface area (Å²) in [6.07, 6.45) is 5.84. The highest BCUT2D eigenvalue weighted by Gasteiger charge is 2.25. The molecule has 0 atom stereocenters. The van der Waals surface area contributed by atoms with Gasteiger partial charge in [0.2, 0.25) is 0 Å². The lowest BCUT2D eigenvalue weighted by Crippen LogP contribution is -2.17. The highest BCUT2D eigenvalue weighted by atomic mass is 16.5. The highest BCUT2D eigenvalue weighted by molar-refractivity contribution is 6.19. The van der Waals surface area contributed by atoms with Gasteiger partial charge in [-0.3, -0.25) is 0 Å². The number of para-hydroxylation sites is 1. The minimum atomic E-state index is -0.344. The van der Waals surface area contributed by atoms with Crippen molar-refractivity contribution in [1.29, 1.82) is 0 Å². The zero-order valence-electron chi connectivity index (χ0n) is 18.7. The Hall–Kier alpha value is -3.14. The van der Waals surface area contributed by atoms with Crippen LogP contribution in [0, 0.1) is 0 Å². The van der Waals surface area contributed by atoms with Crippen LogP contribution >= 0.6 is 0 Å². The molecule has 4 nitrogen and oxygen atoms in total. The monoisotopic (exact) mass is 414 g/mol. The molecule has 1 aliphatic heterocycles. The van der Waals surface area contributed by atoms with Crippen molar-refractivity contribution in [2.24, 2.45) is 4.99 Å². The number of rotatable bonds is 3. The standard InChI is InChI=1S/C27H30N2O2/c1-17(2)20-13-9-14-21(18(3)4)25(20)28-27(30)29-26-22-11-6-5-10-19(22)16-31-24-15-8-7-12-23(24)26/h5-6,8-11,13-15,17-18H,7,12,16H2,1-4H3,(H,28,30)/b29-26+. The van der Waals surface area contributed by atoms with Gasteiger partial charge in [-0.25, -0.2) is 4.79 Å². The molecular formula is C27H30N2O2. The first-order chi connectivity index (χ1) is 15.0. The zero-order valence-corrected chi connectivity index (χ0v) is 18.7. The van der Waals surface area contributed by atoms with E-state index in [1.807, 2.05) is 30.3 Å². The van der Waals surface area contributed by atoms with Crippen LogP contribution in [-0.2, 0) is 11.3 Å². The lowest BCUT2D eigenvalue weighted by atomic mass is 9.92. The number of allylic oxidation sites excluding steroid dienone is 3. The van der Waals surface area contributed by atoms with Crippen molar-refractivity contribution in [2.75, 3.05) is 5.32 Å². The number of nitrogens with zero attached hydrogens (tertiary/aromatic N) is 1. The topological polar surface area (TPSA) is 50.7 Å². The Bertz CT molecular complexity index is 1060. The van der Waals surface area contributed by atoms with Crippen LogP contribution in [0.5, 0.6) is 0 Å². The van der Waals surface area contributed by atoms with E-state index in [-0.39, 0.29) is 6.03 Å². The molecule has 0 saturated carbocycles. The summed E-state index contributed by atoms with van der Waals surface area (Å²) in [6.45, 7) is 9.06. The van der Waals surface area contributed by atoms with Gasteiger partial charge in [-0.1, -0.05) is 76.2 Å². The molecule has 0 saturated heterocycles. The quantitative estimate of drug-likeness (QED) is 0.583. The van der Waals surface area contributed by atoms with Crippen LogP contribution in [-0.4, -0.2) is 11.7 Å². The molecule has 1 heterocycles. The van der Waals surface area contributed by atoms with Gasteiger partial charge in [0.1, 0.15) is 12.4 Å². The number of nitrogens with one attached hydrogen (secondary N) is 1. The van der Waals surface area contributed by atoms with Crippen LogP contribution in [0.2, 0.25) is 0 Å². The molecule has 1 aliphatic carbocycles. The average Bonchev–Trinajstić information content (AvgIpc) is 2.91. The van der Waals surface area contributed by atoms with Gasteiger partial charge >= 0.3 is 6.03 Å². The molecule has 4 heteroatoms. The number of carbonyl (C=O) groups excluding carboxylic acids is 1. The van der Waals surface area contributed by atoms with E-state index in [0.29, 0.717) is 18.4 Å². The molecule has 0 unspecified atom stereocenters. The Morgan fingerprint density at radius 1 is 1.00 bits per heavy atom. The van der Waals surface area contributed by atoms with Gasteiger partial charge in [0.25, 0.3) is 0 Å². The number of urea groups is 1. The smallest absolute Gasteiger partial charge is 0.345 e. The van der Waals surface area contributed by atoms with Crippen molar-refractivity contribution >= 4 is 17.4 Å². The molecule has 0 fully saturated rings. The third kappa shape index (κ3) is 4.34. The van der Waals surface area contributed by atoms with Crippen LogP contribution in [0.25, 0.3) is 0 Å². The molecule has 2 aromatic carbocycles. The second kappa shape index (κ2) is 8.93. The van der Waals surface area contributed by atoms with Crippen molar-refractivity contribution in [1.82, 2.24) is 0 Å². The Kier molecular flexibility index (Phi) is 6.08. The van der Waals surface area contributed by atoms with E-state index in [9.17, 15) is 4.79 Å². The molecule has 0 bridgehead atoms. The van der Waals surface area contributed by atoms with Crippen molar-refractivity contribution in [2.45, 2.75) is 59.0 Å². The maximum atomic E-state index is 13.2. The molecule has 4 rings (SSSR count). The predicted molar refractivity (Wildman–Crippen MR) is 127 cm³/mol. The average molecular weight is 415 g/mol. The van der Waals surface area contributed by atoms with Crippen LogP contribution in [0.4, 0.5) is 10.5 Å². The van der Waals surface area contributed by atoms with Gasteiger partial charge < -0.3 is 10.1 Å². The first-order valence-electron chi connectivity index (χ1n) is 11.1. The summed E-state index contributed by atoms with van der Waals surface area (Å²) < 4.78 is 6.04. The number of ether oxygens (including phenoxy) is 1. The Morgan fingerprint density at radius 2 is 1.71 bits per heavy atom. The SMILES string of the molecule is CC(C)c1cccc(C(C)C)c1NC(=O)/N=C1/C2=C(C=CCC2)OCc2ccccc21. The number of benzene rings is 2. The van der Waals surface area contributed by atoms with Gasteiger partial charge in [0.15, 0.2) is 0 Å². The summed E-state index contributed by atoms with van der Waals surface area (Å²) >= 11 is 0. The maximum Gasteiger partial charge on any atom is 0.345 e. The number of hydrogen-bond acceptors (Lipinski definition) is 2. The molecule has 0 aromatic heterocycles. The molecule has 2 amide bonds. The minimum absolute atomic E-state index is 0.298. The summed E-state index contributed by atoms with van der Waals surface area (Å²) in [5.74, 6) is 1.41. The van der Waals surface area contributed by atoms with E-state index >= 15 is 0 Å². The third-order valence-electron chi connectivity index (χ3n) is 5.89. The summed E-state index contributed by atoms with van der Waals surface area (Å²) in [4.78, 5) is 17.9. The number of aliphatic imine (C=N–C) groups is 1. The third-order valence-corrected chi connectivity index (χ3v) is 5.89. The zero-order chi connectivity index (χ0) is 22.0. The first kappa shape index (κ1) is 21.1. The van der Waals surface area contributed by atoms with Crippen molar-refractivity contribution in [3.8, 4) is 0 Å². The number of amides is 2. The van der Waals surface area contributed by atoms with Crippen molar-refractivity contribution in [3.63, 3.8) is 0 Å². The van der Waals surface area contributed by atoms with Crippen LogP contribution in [0.15, 0.2) is 70.9 Å². The van der Waals surface area contributed by atoms with E-state index in [1.165, 1.54) is 0 Å². The maximum absolute atomic E-state index is 13.2. The molecule has 31 heavy (non-hydrogen) atoms. The van der Waals surface area contributed by atoms with Crippen molar-refractivity contribution in [3.05, 3.63) is 88.2 Å². The van der Waals surface area contributed by atoms with E-state index in [4.69, 9.17) is 4.74 Å². The van der Waals surface area contributed by atoms with Gasteiger partial charge in [0, 0.05) is 16.8 Å². The number of hydrogen-bond donors (Lipinski definition) is 1. The lowest BCUT2D eigenvalue weighted by molar-refractivity contribution is 0.209. The van der Waals surface area contributed by atoms with E-state index in [2.05, 4.69) is 62.3 Å². The fourth-order valence-electron chi connectivity index (χ4n) is 4.27. The summed E-state index contributed by atoms with van der Waals surface area (Å²) in [5, 5.41) is 3.13. The normalized spacial score (nSPS) is 16.8. The molecule has 1 N–H and O–H groups in total. The highest BCUT2D eigenvalue weighted by Crippen LogP contribution is 2.33. The number of fused-ring (bicyclic) bond motifs is 1. The minimum Gasteiger partial charge on any atom is -0.489 e. The Balaban J connectivity index is 1.78. The summed E-state index contributed by atoms with van der Waals surface area (Å²) in [6, 6.07) is 13.9. The van der Waals surface area contributed by atoms with Crippen molar-refractivity contribution < 1.29 is 9.53 Å². The Labute approximate surface area is 184 Å². The summed E-state index contributed by atoms with van der Waals surface area (Å²) in [7, 11) is 0. The second-order valence-electron chi connectivity index (χ2n) is 8.74. The molecule has 2 aliphatic rings. The van der Waals surface area contributed by atoms with Gasteiger partial charge in [-0.2, -0.15) is 4.99 Å². The van der Waals surface area contributed by atoms with Gasteiger partial charge in [-0.15, -0.1) is 0 Å². The molecular weight excluding hydrogens is 384 g/mol. The largest absolute Gasteiger partial charge is 0.489 e. The van der Waals surface area contributed by atoms with Crippen LogP contribution in [0.3, 0.4) is 0 Å². The Morgan fingerprint density at radius 3 is 2.42 bits per heavy atom. The van der Waals surface area contributed by atoms with E-state index in [1.54, 1.807) is 0 Å². The summed E-state index contributed by atoms with van der Waals surface area (Å²) in [5.41, 5.74) is 6.89. The fraction of sp³-hybridized carbons (Fsp3) is 0.333. The van der Waals surface area contributed by atoms with E-state index < -0.39 is 0 Å². The predicted octanol–water partition coefficient (Wildman–Crippen LogP) is 7.09. The molecule has 160 valence electrons. The van der Waals surface area contributed by atoms with E-state index in [0.717, 1.165) is 57.8 Å². The molecule has 0 spiro atoms. The molecule has 2 aromatic rings. The molecule has 0 radical (unpaired) electrons. The fourth-order valence-corrected chi connectivity index (χ4v) is 4.27. The first-order valence-corrected chi connectivity index (χ1v) is 11.1. The number of carbonyl (C=O) groups is 1. The van der Waals surface area contributed by atoms with Gasteiger partial charge in [0.05, 0.1) is 5.71 Å².